The molecule has 108 valence electrons. The lowest BCUT2D eigenvalue weighted by molar-refractivity contribution is -0.384. The van der Waals surface area contributed by atoms with Crippen LogP contribution in [0, 0.1) is 10.1 Å². The highest BCUT2D eigenvalue weighted by Gasteiger charge is 2.20. The molecule has 0 aliphatic rings. The van der Waals surface area contributed by atoms with E-state index in [0.29, 0.717) is 0 Å². The van der Waals surface area contributed by atoms with E-state index < -0.39 is 4.92 Å². The Morgan fingerprint density at radius 3 is 2.19 bits per heavy atom. The van der Waals surface area contributed by atoms with Crippen LogP contribution in [-0.2, 0) is 4.79 Å². The van der Waals surface area contributed by atoms with Gasteiger partial charge in [0, 0.05) is 24.9 Å². The maximum Gasteiger partial charge on any atom is 0.269 e. The molecule has 0 bridgehead atoms. The summed E-state index contributed by atoms with van der Waals surface area (Å²) in [6, 6.07) is 15.4. The molecule has 2 rings (SSSR count). The molecule has 0 N–H and O–H groups in total. The lowest BCUT2D eigenvalue weighted by Gasteiger charge is -2.21. The highest BCUT2D eigenvalue weighted by Crippen LogP contribution is 2.23. The number of carbonyl (C=O) groups excluding carboxylic acids is 1. The second kappa shape index (κ2) is 6.17. The van der Waals surface area contributed by atoms with Crippen LogP contribution >= 0.6 is 0 Å². The van der Waals surface area contributed by atoms with E-state index in [1.54, 1.807) is 31.0 Å². The van der Waals surface area contributed by atoms with Crippen molar-refractivity contribution in [1.29, 1.82) is 0 Å². The highest BCUT2D eigenvalue weighted by molar-refractivity contribution is 5.97. The number of hydrogen-bond acceptors (Lipinski definition) is 3. The van der Waals surface area contributed by atoms with Crippen molar-refractivity contribution >= 4 is 17.3 Å². The summed E-state index contributed by atoms with van der Waals surface area (Å²) in [7, 11) is 1.72. The van der Waals surface area contributed by atoms with E-state index in [1.807, 2.05) is 30.3 Å². The Morgan fingerprint density at radius 1 is 1.10 bits per heavy atom. The lowest BCUT2D eigenvalue weighted by atomic mass is 9.99. The Balaban J connectivity index is 2.17. The van der Waals surface area contributed by atoms with Crippen LogP contribution < -0.4 is 4.90 Å². The molecule has 21 heavy (non-hydrogen) atoms. The van der Waals surface area contributed by atoms with Gasteiger partial charge in [0.2, 0.25) is 5.91 Å². The highest BCUT2D eigenvalue weighted by atomic mass is 16.6. The third-order valence-corrected chi connectivity index (χ3v) is 3.45. The van der Waals surface area contributed by atoms with Gasteiger partial charge in [0.15, 0.2) is 0 Å². The maximum absolute atomic E-state index is 12.5. The van der Waals surface area contributed by atoms with Gasteiger partial charge in [-0.25, -0.2) is 0 Å². The average molecular weight is 284 g/mol. The molecule has 0 aliphatic heterocycles. The molecule has 1 unspecified atom stereocenters. The third-order valence-electron chi connectivity index (χ3n) is 3.45. The van der Waals surface area contributed by atoms with Crippen molar-refractivity contribution in [3.63, 3.8) is 0 Å². The predicted molar refractivity (Wildman–Crippen MR) is 81.4 cm³/mol. The number of nitro benzene ring substituents is 1. The zero-order valence-corrected chi connectivity index (χ0v) is 11.9. The van der Waals surface area contributed by atoms with E-state index in [1.165, 1.54) is 12.1 Å². The number of benzene rings is 2. The number of hydrogen-bond donors (Lipinski definition) is 0. The molecule has 0 fully saturated rings. The smallest absolute Gasteiger partial charge is 0.269 e. The zero-order chi connectivity index (χ0) is 15.4. The molecule has 2 aromatic rings. The molecule has 0 saturated carbocycles. The van der Waals surface area contributed by atoms with Crippen LogP contribution in [0.15, 0.2) is 54.6 Å². The van der Waals surface area contributed by atoms with Crippen LogP contribution in [0.5, 0.6) is 0 Å². The monoisotopic (exact) mass is 284 g/mol. The van der Waals surface area contributed by atoms with Crippen molar-refractivity contribution in [2.24, 2.45) is 0 Å². The first kappa shape index (κ1) is 14.7. The summed E-state index contributed by atoms with van der Waals surface area (Å²) in [5.74, 6) is -0.425. The summed E-state index contributed by atoms with van der Waals surface area (Å²) < 4.78 is 0. The fraction of sp³-hybridized carbons (Fsp3) is 0.188. The second-order valence-electron chi connectivity index (χ2n) is 4.80. The summed E-state index contributed by atoms with van der Waals surface area (Å²) >= 11 is 0. The quantitative estimate of drug-likeness (QED) is 0.638. The minimum atomic E-state index is -0.452. The van der Waals surface area contributed by atoms with Crippen molar-refractivity contribution in [1.82, 2.24) is 0 Å². The summed E-state index contributed by atoms with van der Waals surface area (Å²) in [6.07, 6.45) is 0. The molecule has 5 nitrogen and oxygen atoms in total. The predicted octanol–water partition coefficient (Wildman–Crippen LogP) is 3.36. The van der Waals surface area contributed by atoms with Crippen LogP contribution in [0.3, 0.4) is 0 Å². The normalized spacial score (nSPS) is 11.7. The number of para-hydroxylation sites is 1. The molecular formula is C16H16N2O3. The average Bonchev–Trinajstić information content (AvgIpc) is 2.53. The molecule has 0 aliphatic carbocycles. The van der Waals surface area contributed by atoms with Crippen molar-refractivity contribution in [3.05, 3.63) is 70.3 Å². The van der Waals surface area contributed by atoms with Crippen LogP contribution in [0.1, 0.15) is 18.4 Å². The molecule has 0 radical (unpaired) electrons. The standard InChI is InChI=1S/C16H16N2O3/c1-12(13-8-10-15(11-9-13)18(20)21)16(19)17(2)14-6-4-3-5-7-14/h3-12H,1-2H3. The van der Waals surface area contributed by atoms with E-state index in [9.17, 15) is 14.9 Å². The number of non-ortho nitro benzene ring substituents is 1. The largest absolute Gasteiger partial charge is 0.315 e. The van der Waals surface area contributed by atoms with Gasteiger partial charge in [0.05, 0.1) is 10.8 Å². The van der Waals surface area contributed by atoms with Crippen molar-refractivity contribution in [2.75, 3.05) is 11.9 Å². The van der Waals surface area contributed by atoms with Crippen molar-refractivity contribution < 1.29 is 9.72 Å². The van der Waals surface area contributed by atoms with Crippen LogP contribution in [-0.4, -0.2) is 17.9 Å². The number of amides is 1. The van der Waals surface area contributed by atoms with Crippen molar-refractivity contribution in [2.45, 2.75) is 12.8 Å². The second-order valence-corrected chi connectivity index (χ2v) is 4.80. The van der Waals surface area contributed by atoms with E-state index in [-0.39, 0.29) is 17.5 Å². The Morgan fingerprint density at radius 2 is 1.67 bits per heavy atom. The van der Waals surface area contributed by atoms with Crippen molar-refractivity contribution in [3.8, 4) is 0 Å². The first-order valence-electron chi connectivity index (χ1n) is 6.57. The SMILES string of the molecule is CC(C(=O)N(C)c1ccccc1)c1ccc([N+](=O)[O-])cc1. The maximum atomic E-state index is 12.5. The molecule has 0 saturated heterocycles. The molecule has 0 spiro atoms. The molecular weight excluding hydrogens is 268 g/mol. The third kappa shape index (κ3) is 3.25. The fourth-order valence-electron chi connectivity index (χ4n) is 2.10. The Labute approximate surface area is 123 Å². The van der Waals surface area contributed by atoms with Crippen LogP contribution in [0.25, 0.3) is 0 Å². The van der Waals surface area contributed by atoms with E-state index >= 15 is 0 Å². The van der Waals surface area contributed by atoms with E-state index in [2.05, 4.69) is 0 Å². The summed E-state index contributed by atoms with van der Waals surface area (Å²) in [4.78, 5) is 24.2. The fourth-order valence-corrected chi connectivity index (χ4v) is 2.10. The van der Waals surface area contributed by atoms with Gasteiger partial charge in [-0.15, -0.1) is 0 Å². The van der Waals surface area contributed by atoms with Gasteiger partial charge in [-0.2, -0.15) is 0 Å². The number of nitro groups is 1. The van der Waals surface area contributed by atoms with Crippen LogP contribution in [0.4, 0.5) is 11.4 Å². The first-order valence-corrected chi connectivity index (χ1v) is 6.57. The summed E-state index contributed by atoms with van der Waals surface area (Å²) in [5, 5.41) is 10.6. The molecule has 0 heterocycles. The summed E-state index contributed by atoms with van der Waals surface area (Å²) in [5.41, 5.74) is 1.60. The van der Waals surface area contributed by atoms with Gasteiger partial charge < -0.3 is 4.90 Å². The van der Waals surface area contributed by atoms with Gasteiger partial charge in [-0.1, -0.05) is 30.3 Å². The van der Waals surface area contributed by atoms with Gasteiger partial charge in [-0.3, -0.25) is 14.9 Å². The minimum absolute atomic E-state index is 0.0230. The van der Waals surface area contributed by atoms with Gasteiger partial charge in [0.25, 0.3) is 5.69 Å². The number of rotatable bonds is 4. The molecule has 1 amide bonds. The minimum Gasteiger partial charge on any atom is -0.315 e. The van der Waals surface area contributed by atoms with E-state index in [4.69, 9.17) is 0 Å². The van der Waals surface area contributed by atoms with Gasteiger partial charge in [0.1, 0.15) is 0 Å². The molecule has 5 heteroatoms. The zero-order valence-electron chi connectivity index (χ0n) is 11.9. The van der Waals surface area contributed by atoms with Crippen LogP contribution in [0.2, 0.25) is 0 Å². The molecule has 2 aromatic carbocycles. The van der Waals surface area contributed by atoms with E-state index in [0.717, 1.165) is 11.3 Å². The Bertz CT molecular complexity index is 638. The Kier molecular flexibility index (Phi) is 4.33. The first-order chi connectivity index (χ1) is 10.0. The number of nitrogens with zero attached hydrogens (tertiary/aromatic N) is 2. The molecule has 1 atom stereocenters. The number of likely N-dealkylation sites (N-methyl/N-ethyl adjacent to an activating group) is 1. The van der Waals surface area contributed by atoms with Gasteiger partial charge in [-0.05, 0) is 24.6 Å². The topological polar surface area (TPSA) is 63.5 Å². The number of anilines is 1. The number of carbonyl (C=O) groups is 1. The van der Waals surface area contributed by atoms with Gasteiger partial charge >= 0.3 is 0 Å². The molecule has 0 aromatic heterocycles. The summed E-state index contributed by atoms with van der Waals surface area (Å²) in [6.45, 7) is 1.79. The lowest BCUT2D eigenvalue weighted by Crippen LogP contribution is -2.30. The Hall–Kier alpha value is -2.69.